The third kappa shape index (κ3) is 5.27. The van der Waals surface area contributed by atoms with Crippen molar-refractivity contribution in [1.29, 1.82) is 0 Å². The van der Waals surface area contributed by atoms with Gasteiger partial charge in [-0.05, 0) is 69.1 Å². The molecule has 1 spiro atoms. The summed E-state index contributed by atoms with van der Waals surface area (Å²) >= 11 is 0. The summed E-state index contributed by atoms with van der Waals surface area (Å²) in [4.78, 5) is 21.2. The van der Waals surface area contributed by atoms with Crippen LogP contribution < -0.4 is 20.9 Å². The summed E-state index contributed by atoms with van der Waals surface area (Å²) in [7, 11) is 1.78. The molecule has 2 atom stereocenters. The van der Waals surface area contributed by atoms with E-state index in [0.29, 0.717) is 86.9 Å². The van der Waals surface area contributed by atoms with Gasteiger partial charge in [0.1, 0.15) is 6.17 Å². The Bertz CT molecular complexity index is 1820. The van der Waals surface area contributed by atoms with Gasteiger partial charge in [-0.3, -0.25) is 9.69 Å². The molecule has 1 amide bonds. The first-order valence-corrected chi connectivity index (χ1v) is 16.3. The zero-order valence-electron chi connectivity index (χ0n) is 26.1. The Balaban J connectivity index is 1.02. The van der Waals surface area contributed by atoms with E-state index in [2.05, 4.69) is 36.0 Å². The Morgan fingerprint density at radius 1 is 1.11 bits per heavy atom. The number of hydrogen-bond acceptors (Lipinski definition) is 9. The highest BCUT2D eigenvalue weighted by atomic mass is 19.3. The van der Waals surface area contributed by atoms with Crippen molar-refractivity contribution in [2.45, 2.75) is 56.8 Å². The summed E-state index contributed by atoms with van der Waals surface area (Å²) < 4.78 is 45.6. The third-order valence-corrected chi connectivity index (χ3v) is 10.3. The highest BCUT2D eigenvalue weighted by Gasteiger charge is 2.56. The van der Waals surface area contributed by atoms with Crippen molar-refractivity contribution >= 4 is 28.7 Å². The number of aromatic nitrogens is 5. The number of hydrogen-bond donors (Lipinski definition) is 3. The van der Waals surface area contributed by atoms with Gasteiger partial charge in [-0.2, -0.15) is 10.2 Å². The minimum Gasteiger partial charge on any atom is -0.385 e. The van der Waals surface area contributed by atoms with Crippen molar-refractivity contribution in [3.63, 3.8) is 0 Å². The van der Waals surface area contributed by atoms with Crippen LogP contribution >= 0.6 is 0 Å². The van der Waals surface area contributed by atoms with Gasteiger partial charge < -0.3 is 20.9 Å². The summed E-state index contributed by atoms with van der Waals surface area (Å²) in [5, 5.41) is 22.9. The fraction of sp³-hybridized carbons (Fsp3) is 0.485. The number of benzene rings is 1. The lowest BCUT2D eigenvalue weighted by Crippen LogP contribution is -2.58. The van der Waals surface area contributed by atoms with Crippen LogP contribution in [0.1, 0.15) is 47.4 Å². The van der Waals surface area contributed by atoms with Crippen LogP contribution in [0.4, 0.5) is 30.4 Å². The van der Waals surface area contributed by atoms with E-state index >= 15 is 8.78 Å². The van der Waals surface area contributed by atoms with Crippen molar-refractivity contribution in [3.05, 3.63) is 59.5 Å². The molecule has 14 heteroatoms. The zero-order valence-corrected chi connectivity index (χ0v) is 26.1. The quantitative estimate of drug-likeness (QED) is 0.274. The van der Waals surface area contributed by atoms with Crippen LogP contribution in [-0.2, 0) is 13.0 Å². The van der Waals surface area contributed by atoms with Crippen molar-refractivity contribution in [2.24, 2.45) is 5.41 Å². The normalized spacial score (nSPS) is 23.2. The van der Waals surface area contributed by atoms with Crippen molar-refractivity contribution in [3.8, 4) is 11.3 Å². The van der Waals surface area contributed by atoms with Crippen LogP contribution in [0.25, 0.3) is 16.9 Å². The molecule has 4 aliphatic rings. The molecule has 0 unspecified atom stereocenters. The maximum Gasteiger partial charge on any atom is 0.271 e. The number of carbonyl (C=O) groups excluding carboxylic acids is 1. The topological polar surface area (TPSA) is 116 Å². The first-order chi connectivity index (χ1) is 22.7. The van der Waals surface area contributed by atoms with Gasteiger partial charge in [-0.1, -0.05) is 12.1 Å². The molecule has 3 aliphatic heterocycles. The first-order valence-electron chi connectivity index (χ1n) is 16.3. The van der Waals surface area contributed by atoms with Gasteiger partial charge in [0.25, 0.3) is 11.8 Å². The van der Waals surface area contributed by atoms with Crippen LogP contribution in [0.2, 0.25) is 0 Å². The standard InChI is InChI=1S/C33H37F3N10O/c1-37-26-16-29(43-46-28(17-39-30(26)46)31(47)40-25-15-23(25)34)45-13-7-22-21(3-2-4-27(22)45)24-6-5-20(41-42-24)18-44-14-10-32(33(35,36)19-44)8-11-38-12-9-32/h2-6,16-17,23,25,37-38H,7-15,18-19H2,1H3,(H,40,47)/t23-,25+/m0/s1. The van der Waals surface area contributed by atoms with Crippen molar-refractivity contribution < 1.29 is 18.0 Å². The van der Waals surface area contributed by atoms with Gasteiger partial charge in [-0.25, -0.2) is 22.7 Å². The molecular weight excluding hydrogens is 609 g/mol. The largest absolute Gasteiger partial charge is 0.385 e. The summed E-state index contributed by atoms with van der Waals surface area (Å²) in [6.45, 7) is 2.67. The predicted octanol–water partition coefficient (Wildman–Crippen LogP) is 3.97. The Hall–Kier alpha value is -4.30. The second kappa shape index (κ2) is 11.4. The van der Waals surface area contributed by atoms with Gasteiger partial charge in [-0.15, -0.1) is 5.10 Å². The monoisotopic (exact) mass is 646 g/mol. The molecule has 47 heavy (non-hydrogen) atoms. The number of anilines is 3. The van der Waals surface area contributed by atoms with E-state index in [1.54, 1.807) is 11.9 Å². The van der Waals surface area contributed by atoms with Gasteiger partial charge in [0.15, 0.2) is 17.2 Å². The molecule has 246 valence electrons. The van der Waals surface area contributed by atoms with E-state index in [-0.39, 0.29) is 12.2 Å². The summed E-state index contributed by atoms with van der Waals surface area (Å²) in [6, 6.07) is 11.2. The lowest BCUT2D eigenvalue weighted by Gasteiger charge is -2.49. The van der Waals surface area contributed by atoms with E-state index < -0.39 is 29.5 Å². The van der Waals surface area contributed by atoms with Gasteiger partial charge in [0, 0.05) is 49.3 Å². The SMILES string of the molecule is CNc1cc(N2CCc3c(-c4ccc(CN5CCC6(CCNCC6)C(F)(F)C5)nn4)cccc32)nn2c(C(=O)N[C@@H]3C[C@@H]3F)cnc12. The third-order valence-electron chi connectivity index (χ3n) is 10.3. The molecule has 2 saturated heterocycles. The maximum atomic E-state index is 15.3. The Morgan fingerprint density at radius 2 is 1.94 bits per heavy atom. The van der Waals surface area contributed by atoms with Gasteiger partial charge >= 0.3 is 0 Å². The predicted molar refractivity (Wildman–Crippen MR) is 171 cm³/mol. The van der Waals surface area contributed by atoms with E-state index in [1.165, 1.54) is 10.7 Å². The molecule has 6 heterocycles. The molecule has 3 N–H and O–H groups in total. The molecule has 0 radical (unpaired) electrons. The number of rotatable bonds is 7. The number of fused-ring (bicyclic) bond motifs is 2. The van der Waals surface area contributed by atoms with Gasteiger partial charge in [0.2, 0.25) is 0 Å². The van der Waals surface area contributed by atoms with Crippen LogP contribution in [0.3, 0.4) is 0 Å². The van der Waals surface area contributed by atoms with E-state index in [0.717, 1.165) is 23.2 Å². The zero-order chi connectivity index (χ0) is 32.3. The lowest BCUT2D eigenvalue weighted by molar-refractivity contribution is -0.181. The van der Waals surface area contributed by atoms with E-state index in [1.807, 2.05) is 36.4 Å². The highest BCUT2D eigenvalue weighted by molar-refractivity contribution is 5.94. The molecule has 1 aromatic carbocycles. The number of halogens is 3. The lowest BCUT2D eigenvalue weighted by atomic mass is 9.69. The average Bonchev–Trinajstić information content (AvgIpc) is 3.42. The second-order valence-electron chi connectivity index (χ2n) is 13.2. The average molecular weight is 647 g/mol. The molecule has 4 aromatic rings. The number of carbonyl (C=O) groups is 1. The molecule has 1 saturated carbocycles. The second-order valence-corrected chi connectivity index (χ2v) is 13.2. The Morgan fingerprint density at radius 3 is 2.66 bits per heavy atom. The number of alkyl halides is 3. The van der Waals surface area contributed by atoms with Crippen LogP contribution in [0.15, 0.2) is 42.6 Å². The Kier molecular flexibility index (Phi) is 7.32. The Labute approximate surface area is 269 Å². The number of piperidine rings is 2. The van der Waals surface area contributed by atoms with Crippen molar-refractivity contribution in [1.82, 2.24) is 40.3 Å². The van der Waals surface area contributed by atoms with Gasteiger partial charge in [0.05, 0.1) is 35.9 Å². The molecule has 11 nitrogen and oxygen atoms in total. The van der Waals surface area contributed by atoms with Crippen LogP contribution in [0.5, 0.6) is 0 Å². The van der Waals surface area contributed by atoms with Crippen LogP contribution in [0, 0.1) is 5.41 Å². The molecular formula is C33H37F3N10O. The first kappa shape index (κ1) is 30.1. The molecule has 3 fully saturated rings. The molecule has 1 aliphatic carbocycles. The maximum absolute atomic E-state index is 15.3. The minimum atomic E-state index is -2.73. The number of nitrogens with one attached hydrogen (secondary N) is 3. The fourth-order valence-electron chi connectivity index (χ4n) is 7.45. The smallest absolute Gasteiger partial charge is 0.271 e. The van der Waals surface area contributed by atoms with Crippen molar-refractivity contribution in [2.75, 3.05) is 50.0 Å². The minimum absolute atomic E-state index is 0.236. The summed E-state index contributed by atoms with van der Waals surface area (Å²) in [5.41, 5.74) is 4.93. The van der Waals surface area contributed by atoms with E-state index in [9.17, 15) is 9.18 Å². The molecule has 8 rings (SSSR count). The number of imidazole rings is 1. The highest BCUT2D eigenvalue weighted by Crippen LogP contribution is 2.50. The molecule has 0 bridgehead atoms. The molecule has 3 aromatic heterocycles. The number of likely N-dealkylation sites (tertiary alicyclic amines) is 1. The van der Waals surface area contributed by atoms with Crippen LogP contribution in [-0.4, -0.2) is 93.5 Å². The fourth-order valence-corrected chi connectivity index (χ4v) is 7.45. The summed E-state index contributed by atoms with van der Waals surface area (Å²) in [5.74, 6) is -2.52. The number of nitrogens with zero attached hydrogens (tertiary/aromatic N) is 7. The number of amides is 1. The summed E-state index contributed by atoms with van der Waals surface area (Å²) in [6.07, 6.45) is 3.03. The van der Waals surface area contributed by atoms with E-state index in [4.69, 9.17) is 5.10 Å².